The van der Waals surface area contributed by atoms with Gasteiger partial charge in [-0.3, -0.25) is 34.6 Å². The normalized spacial score (nSPS) is 9.05. The average Bonchev–Trinajstić information content (AvgIpc) is 3.26. The molecule has 18 heteroatoms. The molecule has 0 fully saturated rings. The van der Waals surface area contributed by atoms with Gasteiger partial charge in [-0.25, -0.2) is 0 Å². The summed E-state index contributed by atoms with van der Waals surface area (Å²) in [5.41, 5.74) is 1.86. The number of hydrogen-bond acceptors (Lipinski definition) is 13. The number of carbonyl (C=O) groups excluding carboxylic acids is 3. The van der Waals surface area contributed by atoms with Gasteiger partial charge in [-0.1, -0.05) is 64.5 Å². The van der Waals surface area contributed by atoms with Gasteiger partial charge in [0.2, 0.25) is 0 Å². The Hall–Kier alpha value is -4.62. The second-order valence-electron chi connectivity index (χ2n) is 10.4. The van der Waals surface area contributed by atoms with E-state index in [1.807, 2.05) is 24.3 Å². The van der Waals surface area contributed by atoms with E-state index in [4.69, 9.17) is 31.1 Å². The van der Waals surface area contributed by atoms with Crippen LogP contribution in [0.25, 0.3) is 0 Å². The first-order valence-corrected chi connectivity index (χ1v) is 17.0. The summed E-state index contributed by atoms with van der Waals surface area (Å²) in [5.74, 6) is -1.40. The third-order valence-corrected chi connectivity index (χ3v) is 7.45. The van der Waals surface area contributed by atoms with Crippen LogP contribution in [-0.2, 0) is 16.1 Å². The molecule has 0 heterocycles. The van der Waals surface area contributed by atoms with Gasteiger partial charge in [0.1, 0.15) is 0 Å². The van der Waals surface area contributed by atoms with E-state index in [9.17, 15) is 29.8 Å². The Labute approximate surface area is 434 Å². The van der Waals surface area contributed by atoms with Crippen molar-refractivity contribution in [3.8, 4) is 24.3 Å². The maximum atomic E-state index is 12.8. The van der Waals surface area contributed by atoms with Gasteiger partial charge >= 0.3 is 51.4 Å². The van der Waals surface area contributed by atoms with Gasteiger partial charge in [0.15, 0.2) is 11.6 Å². The molecule has 289 valence electrons. The maximum absolute atomic E-state index is 12.8. The molecule has 59 heavy (non-hydrogen) atoms. The van der Waals surface area contributed by atoms with E-state index in [-0.39, 0.29) is 167 Å². The molecule has 0 spiro atoms. The van der Waals surface area contributed by atoms with Crippen LogP contribution in [0.2, 0.25) is 0 Å². The Kier molecular flexibility index (Phi) is 34.1. The minimum absolute atomic E-state index is 0. The zero-order valence-electron chi connectivity index (χ0n) is 32.1. The van der Waals surface area contributed by atoms with Gasteiger partial charge in [0.25, 0.3) is 17.8 Å². The van der Waals surface area contributed by atoms with Crippen LogP contribution in [-0.4, -0.2) is 84.6 Å². The number of nitriles is 4. The second-order valence-corrected chi connectivity index (χ2v) is 11.1. The Morgan fingerprint density at radius 2 is 1.12 bits per heavy atom. The third-order valence-electron chi connectivity index (χ3n) is 7.00. The predicted octanol–water partition coefficient (Wildman–Crippen LogP) is 4.07. The number of nitro benzene ring substituents is 2. The predicted molar refractivity (Wildman–Crippen MR) is 216 cm³/mol. The monoisotopic (exact) mass is 909 g/mol. The molecule has 1 unspecified atom stereocenters. The quantitative estimate of drug-likeness (QED) is 0.0284. The summed E-state index contributed by atoms with van der Waals surface area (Å²) in [6.45, 7) is 12.9. The van der Waals surface area contributed by atoms with Crippen molar-refractivity contribution in [1.82, 2.24) is 0 Å². The van der Waals surface area contributed by atoms with Crippen LogP contribution in [0.5, 0.6) is 0 Å². The topological polar surface area (TPSA) is 265 Å². The first-order valence-electron chi connectivity index (χ1n) is 15.8. The molecule has 0 amide bonds. The van der Waals surface area contributed by atoms with E-state index >= 15 is 0 Å². The average molecular weight is 911 g/mol. The molecule has 4 aromatic rings. The number of benzene rings is 4. The molecular formula is C41H32BrK2N6O9. The van der Waals surface area contributed by atoms with E-state index in [1.54, 1.807) is 6.08 Å². The molecule has 0 saturated heterocycles. The summed E-state index contributed by atoms with van der Waals surface area (Å²) in [5, 5.41) is 67.0. The summed E-state index contributed by atoms with van der Waals surface area (Å²) in [7, 11) is 0. The molecular weight excluding hydrogens is 879 g/mol. The Morgan fingerprint density at radius 1 is 0.729 bits per heavy atom. The van der Waals surface area contributed by atoms with Crippen LogP contribution < -0.4 is 56.6 Å². The zero-order chi connectivity index (χ0) is 43.3. The molecule has 0 saturated carbocycles. The summed E-state index contributed by atoms with van der Waals surface area (Å²) in [4.78, 5) is 57.5. The number of carbonyl (C=O) groups is 3. The van der Waals surface area contributed by atoms with Crippen LogP contribution in [0.1, 0.15) is 66.4 Å². The Bertz CT molecular complexity index is 2220. The standard InChI is InChI=1S/C19H13N3O3.C16H9N3O3.C3H5Br.C2H4.CH2O3.2K/c1-2-3-17(19(23)15-7-4-13(11-20)5-8-15)16-9-6-14(12-21)10-18(16)22(24)25;17-9-11-1-4-13(5-2-11)16(20)8-14-6-3-12(10-18)7-15(14)19(21)22;1-2-3-4;1-2;2-1-4-3;;/h2,4-10,17H,1,3H2;1-7H,8H2;2H,1,3H2;1-2H2;1,3H;;/q;;;;;;+1/p-1. The number of alkyl halides is 1. The second kappa shape index (κ2) is 34.3. The van der Waals surface area contributed by atoms with Gasteiger partial charge in [0.05, 0.1) is 62.3 Å². The van der Waals surface area contributed by atoms with E-state index in [0.29, 0.717) is 22.3 Å². The van der Waals surface area contributed by atoms with E-state index in [0.717, 1.165) is 17.5 Å². The molecule has 4 aromatic carbocycles. The number of ketones is 2. The van der Waals surface area contributed by atoms with Crippen molar-refractivity contribution in [3.05, 3.63) is 188 Å². The van der Waals surface area contributed by atoms with Crippen LogP contribution in [0.4, 0.5) is 11.4 Å². The molecule has 0 aliphatic carbocycles. The number of rotatable bonds is 12. The largest absolute Gasteiger partial charge is 1.00 e. The van der Waals surface area contributed by atoms with Crippen LogP contribution in [0.3, 0.4) is 0 Å². The van der Waals surface area contributed by atoms with Crippen molar-refractivity contribution in [3.63, 3.8) is 0 Å². The fourth-order valence-corrected chi connectivity index (χ4v) is 4.48. The number of Topliss-reactive ketones (excluding diaryl/α,β-unsaturated/α-hetero) is 2. The van der Waals surface area contributed by atoms with Crippen molar-refractivity contribution in [2.75, 3.05) is 5.33 Å². The third kappa shape index (κ3) is 20.8. The van der Waals surface area contributed by atoms with E-state index < -0.39 is 15.8 Å². The van der Waals surface area contributed by atoms with Crippen molar-refractivity contribution in [2.24, 2.45) is 0 Å². The maximum Gasteiger partial charge on any atom is 1.00 e. The van der Waals surface area contributed by atoms with Crippen molar-refractivity contribution < 1.29 is 85.8 Å². The molecule has 0 aliphatic rings. The van der Waals surface area contributed by atoms with Gasteiger partial charge in [0, 0.05) is 97.5 Å². The number of nitrogens with zero attached hydrogens (tertiary/aromatic N) is 6. The van der Waals surface area contributed by atoms with Gasteiger partial charge in [-0.15, -0.1) is 26.3 Å². The molecule has 4 rings (SSSR count). The molecule has 0 bridgehead atoms. The van der Waals surface area contributed by atoms with Gasteiger partial charge in [-0.05, 0) is 42.8 Å². The van der Waals surface area contributed by atoms with Crippen molar-refractivity contribution in [1.29, 1.82) is 21.0 Å². The number of nitro groups is 2. The molecule has 1 atom stereocenters. The molecule has 0 N–H and O–H groups in total. The smallest absolute Gasteiger partial charge is 0.662 e. The Morgan fingerprint density at radius 3 is 1.49 bits per heavy atom. The molecule has 0 aliphatic heterocycles. The fourth-order valence-electron chi connectivity index (χ4n) is 4.48. The molecule has 1 radical (unpaired) electrons. The molecule has 15 nitrogen and oxygen atoms in total. The van der Waals surface area contributed by atoms with Gasteiger partial charge < -0.3 is 10.1 Å². The summed E-state index contributed by atoms with van der Waals surface area (Å²) in [6, 6.07) is 27.8. The first-order chi connectivity index (χ1) is 27.4. The molecule has 0 aromatic heterocycles. The summed E-state index contributed by atoms with van der Waals surface area (Å²) >= 11 is 3.13. The number of allylic oxidation sites excluding steroid dienone is 2. The number of hydrogen-bond donors (Lipinski definition) is 0. The van der Waals surface area contributed by atoms with Crippen molar-refractivity contribution in [2.45, 2.75) is 18.8 Å². The SMILES string of the molecule is C=C.C=CCBr.C=CCC(C(=O)c1ccc(C#N)cc1)c1ccc(C#N)cc1[N+](=O)[O-].N#Cc1ccc(C(=O)Cc2ccc(C#N)cc2[N+](=O)[O-])cc1.O=CO[O-].[K+].[K]. The van der Waals surface area contributed by atoms with Gasteiger partial charge in [-0.2, -0.15) is 21.0 Å². The van der Waals surface area contributed by atoms with E-state index in [1.165, 1.54) is 78.9 Å². The van der Waals surface area contributed by atoms with Crippen LogP contribution >= 0.6 is 15.9 Å². The fraction of sp³-hybridized carbons (Fsp3) is 0.0976. The number of halogens is 1. The van der Waals surface area contributed by atoms with Crippen molar-refractivity contribution >= 4 is 96.7 Å². The minimum atomic E-state index is -0.793. The van der Waals surface area contributed by atoms with E-state index in [2.05, 4.69) is 47.1 Å². The minimum Gasteiger partial charge on any atom is -0.662 e. The first kappa shape index (κ1) is 58.7. The van der Waals surface area contributed by atoms with Crippen LogP contribution in [0, 0.1) is 65.6 Å². The van der Waals surface area contributed by atoms with Crippen LogP contribution in [0.15, 0.2) is 123 Å². The summed E-state index contributed by atoms with van der Waals surface area (Å²) < 4.78 is 0. The summed E-state index contributed by atoms with van der Waals surface area (Å²) in [6.07, 6.45) is 3.38. The Balaban J connectivity index is -0.000000847. The zero-order valence-corrected chi connectivity index (χ0v) is 39.9.